The van der Waals surface area contributed by atoms with Gasteiger partial charge in [0.15, 0.2) is 17.6 Å². The highest BCUT2D eigenvalue weighted by molar-refractivity contribution is 7.99. The lowest BCUT2D eigenvalue weighted by molar-refractivity contribution is -0.145. The quantitative estimate of drug-likeness (QED) is 0.526. The lowest BCUT2D eigenvalue weighted by Gasteiger charge is -2.08. The Kier molecular flexibility index (Phi) is 7.62. The zero-order valence-electron chi connectivity index (χ0n) is 14.7. The van der Waals surface area contributed by atoms with Crippen LogP contribution in [0.5, 0.6) is 0 Å². The van der Waals surface area contributed by atoms with E-state index in [1.165, 1.54) is 7.05 Å². The monoisotopic (exact) mass is 411 g/mol. The number of amides is 3. The van der Waals surface area contributed by atoms with Crippen LogP contribution < -0.4 is 10.6 Å². The molecule has 2 N–H and O–H groups in total. The number of carbonyl (C=O) groups excluding carboxylic acids is 3. The summed E-state index contributed by atoms with van der Waals surface area (Å²) in [7, 11) is 1.37. The van der Waals surface area contributed by atoms with Crippen molar-refractivity contribution >= 4 is 41.3 Å². The Morgan fingerprint density at radius 3 is 2.56 bits per heavy atom. The van der Waals surface area contributed by atoms with E-state index < -0.39 is 24.5 Å². The number of aromatic nitrogens is 3. The van der Waals surface area contributed by atoms with Gasteiger partial charge in [0.1, 0.15) is 0 Å². The summed E-state index contributed by atoms with van der Waals surface area (Å²) >= 11 is 7.05. The molecule has 0 fully saturated rings. The molecule has 0 radical (unpaired) electrons. The van der Waals surface area contributed by atoms with E-state index in [1.807, 2.05) is 28.9 Å². The highest BCUT2D eigenvalue weighted by Crippen LogP contribution is 2.25. The molecule has 0 spiro atoms. The van der Waals surface area contributed by atoms with E-state index in [1.54, 1.807) is 12.1 Å². The molecule has 0 aliphatic heterocycles. The molecular weight excluding hydrogens is 394 g/mol. The van der Waals surface area contributed by atoms with Gasteiger partial charge in [-0.1, -0.05) is 23.4 Å². The number of thioether (sulfide) groups is 1. The molecule has 0 saturated carbocycles. The third-order valence-corrected chi connectivity index (χ3v) is 4.49. The average molecular weight is 412 g/mol. The topological polar surface area (TPSA) is 115 Å². The zero-order valence-corrected chi connectivity index (χ0v) is 16.3. The van der Waals surface area contributed by atoms with E-state index in [4.69, 9.17) is 16.3 Å². The summed E-state index contributed by atoms with van der Waals surface area (Å²) in [6.45, 7) is 2.01. The largest absolute Gasteiger partial charge is 0.455 e. The smallest absolute Gasteiger partial charge is 0.321 e. The van der Waals surface area contributed by atoms with E-state index in [9.17, 15) is 14.4 Å². The summed E-state index contributed by atoms with van der Waals surface area (Å²) in [6, 6.07) is 6.54. The van der Waals surface area contributed by atoms with E-state index >= 15 is 0 Å². The second-order valence-electron chi connectivity index (χ2n) is 5.13. The van der Waals surface area contributed by atoms with Gasteiger partial charge in [-0.2, -0.15) is 0 Å². The first-order valence-electron chi connectivity index (χ1n) is 7.93. The Hall–Kier alpha value is -2.59. The number of nitrogens with zero attached hydrogens (tertiary/aromatic N) is 3. The first kappa shape index (κ1) is 20.7. The van der Waals surface area contributed by atoms with Gasteiger partial charge in [-0.3, -0.25) is 14.9 Å². The summed E-state index contributed by atoms with van der Waals surface area (Å²) in [4.78, 5) is 34.2. The third kappa shape index (κ3) is 5.97. The van der Waals surface area contributed by atoms with Gasteiger partial charge in [-0.15, -0.1) is 10.2 Å². The minimum absolute atomic E-state index is 0.0496. The van der Waals surface area contributed by atoms with Crippen LogP contribution in [0.3, 0.4) is 0 Å². The molecule has 0 bridgehead atoms. The Labute approximate surface area is 164 Å². The van der Waals surface area contributed by atoms with Gasteiger partial charge < -0.3 is 14.6 Å². The molecule has 1 heterocycles. The van der Waals surface area contributed by atoms with Gasteiger partial charge in [-0.05, 0) is 31.2 Å². The standard InChI is InChI=1S/C16H18ClN5O4S/c1-3-22-14(10-4-6-11(17)7-5-10)20-21-16(22)27-9-13(24)26-8-12(23)19-15(25)18-2/h4-7H,3,8-9H2,1-2H3,(H2,18,19,23,25). The fourth-order valence-electron chi connectivity index (χ4n) is 2.03. The Morgan fingerprint density at radius 1 is 1.22 bits per heavy atom. The van der Waals surface area contributed by atoms with E-state index in [0.29, 0.717) is 22.5 Å². The first-order valence-corrected chi connectivity index (χ1v) is 9.30. The minimum atomic E-state index is -0.713. The molecule has 1 aromatic carbocycles. The summed E-state index contributed by atoms with van der Waals surface area (Å²) in [6.07, 6.45) is 0. The van der Waals surface area contributed by atoms with Crippen LogP contribution in [0.4, 0.5) is 4.79 Å². The number of benzene rings is 1. The summed E-state index contributed by atoms with van der Waals surface area (Å²) in [5, 5.41) is 13.7. The number of ether oxygens (including phenoxy) is 1. The second-order valence-corrected chi connectivity index (χ2v) is 6.51. The maximum atomic E-state index is 11.8. The number of carbonyl (C=O) groups is 3. The number of rotatable bonds is 7. The van der Waals surface area contributed by atoms with Crippen molar-refractivity contribution in [1.29, 1.82) is 0 Å². The highest BCUT2D eigenvalue weighted by atomic mass is 35.5. The van der Waals surface area contributed by atoms with Crippen molar-refractivity contribution in [2.24, 2.45) is 0 Å². The molecule has 27 heavy (non-hydrogen) atoms. The number of hydrogen-bond acceptors (Lipinski definition) is 7. The van der Waals surface area contributed by atoms with Crippen molar-refractivity contribution in [3.8, 4) is 11.4 Å². The molecule has 2 aromatic rings. The van der Waals surface area contributed by atoms with Gasteiger partial charge in [-0.25, -0.2) is 4.79 Å². The van der Waals surface area contributed by atoms with Crippen molar-refractivity contribution in [2.75, 3.05) is 19.4 Å². The van der Waals surface area contributed by atoms with Crippen LogP contribution in [0.25, 0.3) is 11.4 Å². The van der Waals surface area contributed by atoms with Crippen LogP contribution in [-0.4, -0.2) is 52.1 Å². The molecule has 0 aliphatic carbocycles. The molecule has 0 atom stereocenters. The fraction of sp³-hybridized carbons (Fsp3) is 0.312. The van der Waals surface area contributed by atoms with Crippen molar-refractivity contribution in [3.63, 3.8) is 0 Å². The van der Waals surface area contributed by atoms with Gasteiger partial charge in [0.25, 0.3) is 5.91 Å². The number of halogens is 1. The minimum Gasteiger partial charge on any atom is -0.455 e. The van der Waals surface area contributed by atoms with E-state index in [2.05, 4.69) is 15.5 Å². The van der Waals surface area contributed by atoms with Gasteiger partial charge in [0.05, 0.1) is 5.75 Å². The molecule has 11 heteroatoms. The highest BCUT2D eigenvalue weighted by Gasteiger charge is 2.16. The summed E-state index contributed by atoms with van der Waals surface area (Å²) < 4.78 is 6.69. The molecule has 2 rings (SSSR count). The van der Waals surface area contributed by atoms with Crippen LogP contribution in [-0.2, 0) is 20.9 Å². The van der Waals surface area contributed by atoms with E-state index in [-0.39, 0.29) is 5.75 Å². The predicted octanol–water partition coefficient (Wildman–Crippen LogP) is 1.71. The van der Waals surface area contributed by atoms with Crippen molar-refractivity contribution < 1.29 is 19.1 Å². The van der Waals surface area contributed by atoms with E-state index in [0.717, 1.165) is 17.3 Å². The molecule has 1 aromatic heterocycles. The Bertz CT molecular complexity index is 825. The van der Waals surface area contributed by atoms with Crippen molar-refractivity contribution in [3.05, 3.63) is 29.3 Å². The van der Waals surface area contributed by atoms with Crippen LogP contribution in [0.1, 0.15) is 6.92 Å². The lowest BCUT2D eigenvalue weighted by Crippen LogP contribution is -2.39. The Morgan fingerprint density at radius 2 is 1.93 bits per heavy atom. The first-order chi connectivity index (χ1) is 12.9. The molecule has 0 aliphatic rings. The predicted molar refractivity (Wildman–Crippen MR) is 100 cm³/mol. The SMILES string of the molecule is CCn1c(SCC(=O)OCC(=O)NC(=O)NC)nnc1-c1ccc(Cl)cc1. The molecule has 3 amide bonds. The zero-order chi connectivity index (χ0) is 19.8. The molecule has 144 valence electrons. The van der Waals surface area contributed by atoms with Gasteiger partial charge >= 0.3 is 12.0 Å². The third-order valence-electron chi connectivity index (χ3n) is 3.30. The Balaban J connectivity index is 1.92. The maximum absolute atomic E-state index is 11.8. The van der Waals surface area contributed by atoms with Crippen LogP contribution in [0.2, 0.25) is 5.02 Å². The summed E-state index contributed by atoms with van der Waals surface area (Å²) in [5.41, 5.74) is 0.856. The molecule has 0 unspecified atom stereocenters. The molecule has 9 nitrogen and oxygen atoms in total. The van der Waals surface area contributed by atoms with Crippen molar-refractivity contribution in [2.45, 2.75) is 18.6 Å². The summed E-state index contributed by atoms with van der Waals surface area (Å²) in [5.74, 6) is -0.707. The van der Waals surface area contributed by atoms with Gasteiger partial charge in [0.2, 0.25) is 0 Å². The van der Waals surface area contributed by atoms with Crippen molar-refractivity contribution in [1.82, 2.24) is 25.4 Å². The van der Waals surface area contributed by atoms with Crippen LogP contribution in [0.15, 0.2) is 29.4 Å². The number of nitrogens with one attached hydrogen (secondary N) is 2. The van der Waals surface area contributed by atoms with Gasteiger partial charge in [0, 0.05) is 24.2 Å². The number of urea groups is 1. The maximum Gasteiger partial charge on any atom is 0.321 e. The fourth-order valence-corrected chi connectivity index (χ4v) is 2.96. The number of imide groups is 1. The molecule has 0 saturated heterocycles. The average Bonchev–Trinajstić information content (AvgIpc) is 3.08. The number of hydrogen-bond donors (Lipinski definition) is 2. The second kappa shape index (κ2) is 9.93. The van der Waals surface area contributed by atoms with Crippen LogP contribution >= 0.6 is 23.4 Å². The normalized spacial score (nSPS) is 10.3. The lowest BCUT2D eigenvalue weighted by atomic mass is 10.2. The number of esters is 1. The van der Waals surface area contributed by atoms with Crippen LogP contribution in [0, 0.1) is 0 Å². The molecular formula is C16H18ClN5O4S.